The van der Waals surface area contributed by atoms with Crippen LogP contribution in [0.25, 0.3) is 0 Å². The second-order valence-corrected chi connectivity index (χ2v) is 7.17. The molecule has 22 heavy (non-hydrogen) atoms. The van der Waals surface area contributed by atoms with Crippen molar-refractivity contribution in [2.75, 3.05) is 13.1 Å². The highest BCUT2D eigenvalue weighted by molar-refractivity contribution is 7.89. The van der Waals surface area contributed by atoms with Gasteiger partial charge in [-0.1, -0.05) is 36.8 Å². The smallest absolute Gasteiger partial charge is 0.246 e. The first-order valence-electron chi connectivity index (χ1n) is 7.08. The van der Waals surface area contributed by atoms with Gasteiger partial charge in [0.05, 0.1) is 12.3 Å². The van der Waals surface area contributed by atoms with Gasteiger partial charge in [-0.15, -0.1) is 0 Å². The minimum atomic E-state index is -3.65. The summed E-state index contributed by atoms with van der Waals surface area (Å²) in [7, 11) is -1.99. The first kappa shape index (κ1) is 16.7. The number of aliphatic hydroxyl groups excluding tert-OH is 1. The van der Waals surface area contributed by atoms with E-state index < -0.39 is 16.1 Å². The van der Waals surface area contributed by atoms with Crippen LogP contribution in [0, 0.1) is 6.92 Å². The molecule has 0 fully saturated rings. The number of likely N-dealkylation sites (N-methyl/N-ethyl adjacent to an activating group) is 1. The summed E-state index contributed by atoms with van der Waals surface area (Å²) in [6, 6.07) is 7.41. The predicted molar refractivity (Wildman–Crippen MR) is 83.8 cm³/mol. The summed E-state index contributed by atoms with van der Waals surface area (Å²) in [6.45, 7) is 3.99. The molecule has 0 aliphatic heterocycles. The van der Waals surface area contributed by atoms with Crippen LogP contribution in [0.5, 0.6) is 0 Å². The molecule has 0 aliphatic carbocycles. The number of hydrogen-bond donors (Lipinski definition) is 1. The molecule has 0 saturated heterocycles. The van der Waals surface area contributed by atoms with E-state index in [1.165, 1.54) is 21.4 Å². The minimum Gasteiger partial charge on any atom is -0.387 e. The van der Waals surface area contributed by atoms with Crippen molar-refractivity contribution in [2.45, 2.75) is 24.8 Å². The zero-order chi connectivity index (χ0) is 16.3. The van der Waals surface area contributed by atoms with Crippen LogP contribution < -0.4 is 0 Å². The maximum Gasteiger partial charge on any atom is 0.246 e. The molecule has 0 spiro atoms. The summed E-state index contributed by atoms with van der Waals surface area (Å²) in [6.07, 6.45) is 1.90. The highest BCUT2D eigenvalue weighted by atomic mass is 32.2. The lowest BCUT2D eigenvalue weighted by Crippen LogP contribution is -2.34. The number of hydrogen-bond acceptors (Lipinski definition) is 4. The maximum absolute atomic E-state index is 12.6. The van der Waals surface area contributed by atoms with Crippen molar-refractivity contribution < 1.29 is 13.5 Å². The normalized spacial score (nSPS) is 13.5. The molecular formula is C15H21N3O3S. The third kappa shape index (κ3) is 3.55. The molecule has 0 unspecified atom stereocenters. The number of rotatable bonds is 6. The zero-order valence-electron chi connectivity index (χ0n) is 13.0. The van der Waals surface area contributed by atoms with E-state index in [1.807, 2.05) is 31.2 Å². The topological polar surface area (TPSA) is 75.4 Å². The summed E-state index contributed by atoms with van der Waals surface area (Å²) >= 11 is 0. The fourth-order valence-electron chi connectivity index (χ4n) is 2.17. The maximum atomic E-state index is 12.6. The predicted octanol–water partition coefficient (Wildman–Crippen LogP) is 1.47. The molecule has 120 valence electrons. The highest BCUT2D eigenvalue weighted by Crippen LogP contribution is 2.20. The standard InChI is InChI=1S/C15H21N3O3S/c1-4-18(22(20,21)14-9-16-17(3)10-14)11-15(19)13-7-5-12(2)6-8-13/h5-10,15,19H,4,11H2,1-3H3/t15-/m0/s1. The van der Waals surface area contributed by atoms with Crippen molar-refractivity contribution in [3.8, 4) is 0 Å². The van der Waals surface area contributed by atoms with Crippen molar-refractivity contribution in [3.63, 3.8) is 0 Å². The fourth-order valence-corrected chi connectivity index (χ4v) is 3.61. The molecule has 6 nitrogen and oxygen atoms in total. The summed E-state index contributed by atoms with van der Waals surface area (Å²) in [4.78, 5) is 0.132. The number of sulfonamides is 1. The summed E-state index contributed by atoms with van der Waals surface area (Å²) in [5.41, 5.74) is 1.79. The van der Waals surface area contributed by atoms with E-state index in [-0.39, 0.29) is 18.0 Å². The average molecular weight is 323 g/mol. The Morgan fingerprint density at radius 2 is 1.95 bits per heavy atom. The molecule has 2 rings (SSSR count). The van der Waals surface area contributed by atoms with Crippen LogP contribution in [0.15, 0.2) is 41.6 Å². The monoisotopic (exact) mass is 323 g/mol. The van der Waals surface area contributed by atoms with Crippen LogP contribution in [-0.2, 0) is 17.1 Å². The molecule has 0 bridgehead atoms. The number of nitrogens with zero attached hydrogens (tertiary/aromatic N) is 3. The van der Waals surface area contributed by atoms with Crippen molar-refractivity contribution >= 4 is 10.0 Å². The third-order valence-electron chi connectivity index (χ3n) is 3.51. The van der Waals surface area contributed by atoms with Crippen molar-refractivity contribution in [1.29, 1.82) is 0 Å². The highest BCUT2D eigenvalue weighted by Gasteiger charge is 2.26. The van der Waals surface area contributed by atoms with Gasteiger partial charge in [-0.25, -0.2) is 8.42 Å². The minimum absolute atomic E-state index is 0.0107. The summed E-state index contributed by atoms with van der Waals surface area (Å²) < 4.78 is 27.8. The first-order valence-corrected chi connectivity index (χ1v) is 8.52. The molecular weight excluding hydrogens is 302 g/mol. The largest absolute Gasteiger partial charge is 0.387 e. The van der Waals surface area contributed by atoms with Crippen molar-refractivity contribution in [3.05, 3.63) is 47.8 Å². The second kappa shape index (κ2) is 6.60. The van der Waals surface area contributed by atoms with Gasteiger partial charge in [-0.05, 0) is 12.5 Å². The second-order valence-electron chi connectivity index (χ2n) is 5.23. The Labute approximate surface area is 131 Å². The molecule has 7 heteroatoms. The van der Waals surface area contributed by atoms with Gasteiger partial charge in [0.25, 0.3) is 0 Å². The summed E-state index contributed by atoms with van der Waals surface area (Å²) in [5.74, 6) is 0. The quantitative estimate of drug-likeness (QED) is 0.873. The molecule has 2 aromatic rings. The van der Waals surface area contributed by atoms with Crippen molar-refractivity contribution in [2.24, 2.45) is 7.05 Å². The van der Waals surface area contributed by atoms with E-state index in [4.69, 9.17) is 0 Å². The summed E-state index contributed by atoms with van der Waals surface area (Å²) in [5, 5.41) is 14.2. The van der Waals surface area contributed by atoms with Gasteiger partial charge < -0.3 is 5.11 Å². The van der Waals surface area contributed by atoms with E-state index in [0.717, 1.165) is 5.56 Å². The van der Waals surface area contributed by atoms with Gasteiger partial charge in [0, 0.05) is 26.3 Å². The Hall–Kier alpha value is -1.70. The molecule has 1 atom stereocenters. The Balaban J connectivity index is 2.19. The van der Waals surface area contributed by atoms with Gasteiger partial charge in [0.1, 0.15) is 4.90 Å². The van der Waals surface area contributed by atoms with Gasteiger partial charge in [-0.2, -0.15) is 9.40 Å². The number of aliphatic hydroxyl groups is 1. The lowest BCUT2D eigenvalue weighted by molar-refractivity contribution is 0.149. The van der Waals surface area contributed by atoms with Crippen LogP contribution in [0.1, 0.15) is 24.2 Å². The van der Waals surface area contributed by atoms with Crippen LogP contribution in [-0.4, -0.2) is 40.7 Å². The Morgan fingerprint density at radius 1 is 1.32 bits per heavy atom. The number of aryl methyl sites for hydroxylation is 2. The van der Waals surface area contributed by atoms with E-state index in [0.29, 0.717) is 5.56 Å². The molecule has 0 aliphatic rings. The SMILES string of the molecule is CCN(C[C@H](O)c1ccc(C)cc1)S(=O)(=O)c1cnn(C)c1. The molecule has 1 N–H and O–H groups in total. The molecule has 1 heterocycles. The van der Waals surface area contributed by atoms with E-state index in [9.17, 15) is 13.5 Å². The molecule has 0 radical (unpaired) electrons. The van der Waals surface area contributed by atoms with Gasteiger partial charge in [-0.3, -0.25) is 4.68 Å². The lowest BCUT2D eigenvalue weighted by atomic mass is 10.1. The van der Waals surface area contributed by atoms with Gasteiger partial charge in [0.15, 0.2) is 0 Å². The van der Waals surface area contributed by atoms with E-state index in [1.54, 1.807) is 14.0 Å². The molecule has 1 aromatic carbocycles. The fraction of sp³-hybridized carbons (Fsp3) is 0.400. The van der Waals surface area contributed by atoms with E-state index >= 15 is 0 Å². The van der Waals surface area contributed by atoms with Crippen LogP contribution in [0.4, 0.5) is 0 Å². The number of benzene rings is 1. The molecule has 0 saturated carbocycles. The van der Waals surface area contributed by atoms with Crippen LogP contribution in [0.2, 0.25) is 0 Å². The average Bonchev–Trinajstić information content (AvgIpc) is 2.92. The Bertz CT molecular complexity index is 723. The number of aromatic nitrogens is 2. The van der Waals surface area contributed by atoms with Gasteiger partial charge in [0.2, 0.25) is 10.0 Å². The Morgan fingerprint density at radius 3 is 2.45 bits per heavy atom. The zero-order valence-corrected chi connectivity index (χ0v) is 13.8. The molecule has 0 amide bonds. The Kier molecular flexibility index (Phi) is 5.00. The van der Waals surface area contributed by atoms with Gasteiger partial charge >= 0.3 is 0 Å². The van der Waals surface area contributed by atoms with Crippen molar-refractivity contribution in [1.82, 2.24) is 14.1 Å². The third-order valence-corrected chi connectivity index (χ3v) is 5.40. The lowest BCUT2D eigenvalue weighted by Gasteiger charge is -2.23. The first-order chi connectivity index (χ1) is 10.3. The van der Waals surface area contributed by atoms with Crippen LogP contribution in [0.3, 0.4) is 0 Å². The molecule has 1 aromatic heterocycles. The van der Waals surface area contributed by atoms with E-state index in [2.05, 4.69) is 5.10 Å². The van der Waals surface area contributed by atoms with Crippen LogP contribution >= 0.6 is 0 Å².